The van der Waals surface area contributed by atoms with Gasteiger partial charge in [-0.3, -0.25) is 5.43 Å². The van der Waals surface area contributed by atoms with Crippen molar-refractivity contribution in [3.8, 4) is 17.2 Å². The first-order valence-corrected chi connectivity index (χ1v) is 14.8. The minimum atomic E-state index is -1.12. The van der Waals surface area contributed by atoms with Crippen molar-refractivity contribution >= 4 is 29.0 Å². The number of methoxy groups -OCH3 is 1. The number of fused-ring (bicyclic) bond motifs is 1. The van der Waals surface area contributed by atoms with E-state index in [2.05, 4.69) is 45.4 Å². The molecule has 238 valence electrons. The van der Waals surface area contributed by atoms with Crippen molar-refractivity contribution in [2.45, 2.75) is 32.7 Å². The number of ether oxygens (including phenoxy) is 4. The van der Waals surface area contributed by atoms with Crippen molar-refractivity contribution in [2.24, 2.45) is 5.10 Å². The van der Waals surface area contributed by atoms with Crippen molar-refractivity contribution in [2.75, 3.05) is 20.3 Å². The number of nitrogens with one attached hydrogen (secondary N) is 3. The molecule has 5 rings (SSSR count). The van der Waals surface area contributed by atoms with E-state index >= 15 is 0 Å². The van der Waals surface area contributed by atoms with Gasteiger partial charge in [0, 0.05) is 5.70 Å². The Morgan fingerprint density at radius 1 is 1.00 bits per heavy atom. The predicted molar refractivity (Wildman–Crippen MR) is 174 cm³/mol. The van der Waals surface area contributed by atoms with Gasteiger partial charge in [0.25, 0.3) is 0 Å². The molecular formula is C35H36N4O7. The Bertz CT molecular complexity index is 1750. The van der Waals surface area contributed by atoms with Gasteiger partial charge in [0.2, 0.25) is 0 Å². The summed E-state index contributed by atoms with van der Waals surface area (Å²) in [5.74, 6) is 0.922. The number of urea groups is 1. The Labute approximate surface area is 266 Å². The molecule has 1 heterocycles. The molecular weight excluding hydrogens is 588 g/mol. The highest BCUT2D eigenvalue weighted by Crippen LogP contribution is 2.35. The number of carbonyl (C=O) groups excluding carboxylic acids is 2. The second-order valence-electron chi connectivity index (χ2n) is 10.4. The highest BCUT2D eigenvalue weighted by atomic mass is 16.5. The number of hydrogen-bond acceptors (Lipinski definition) is 9. The smallest absolute Gasteiger partial charge is 0.337 e. The number of nitrogens with zero attached hydrogens (tertiary/aromatic N) is 1. The highest BCUT2D eigenvalue weighted by molar-refractivity contribution is 5.95. The lowest BCUT2D eigenvalue weighted by Gasteiger charge is -2.28. The van der Waals surface area contributed by atoms with Crippen LogP contribution >= 0.6 is 0 Å². The number of rotatable bonds is 13. The maximum absolute atomic E-state index is 12.4. The average molecular weight is 625 g/mol. The molecule has 4 aromatic carbocycles. The van der Waals surface area contributed by atoms with E-state index in [1.807, 2.05) is 49.4 Å². The summed E-state index contributed by atoms with van der Waals surface area (Å²) >= 11 is 0. The molecule has 0 saturated heterocycles. The molecule has 0 aliphatic carbocycles. The van der Waals surface area contributed by atoms with Gasteiger partial charge in [-0.15, -0.1) is 0 Å². The number of esters is 1. The van der Waals surface area contributed by atoms with E-state index in [4.69, 9.17) is 18.9 Å². The summed E-state index contributed by atoms with van der Waals surface area (Å²) in [6.07, 6.45) is 0.466. The summed E-state index contributed by atoms with van der Waals surface area (Å²) in [5.41, 5.74) is 5.84. The zero-order valence-corrected chi connectivity index (χ0v) is 25.8. The lowest BCUT2D eigenvalue weighted by molar-refractivity contribution is -0.136. The van der Waals surface area contributed by atoms with Crippen LogP contribution in [0.1, 0.15) is 36.6 Å². The monoisotopic (exact) mass is 624 g/mol. The second kappa shape index (κ2) is 15.0. The van der Waals surface area contributed by atoms with Crippen molar-refractivity contribution in [3.63, 3.8) is 0 Å². The first-order valence-electron chi connectivity index (χ1n) is 14.8. The molecule has 0 bridgehead atoms. The highest BCUT2D eigenvalue weighted by Gasteiger charge is 2.32. The molecule has 2 atom stereocenters. The lowest BCUT2D eigenvalue weighted by Crippen LogP contribution is -2.45. The number of carbonyl (C=O) groups is 2. The molecule has 0 spiro atoms. The largest absolute Gasteiger partial charge is 0.490 e. The topological polar surface area (TPSA) is 140 Å². The number of aliphatic hydroxyl groups excluding tert-OH is 1. The molecule has 0 aromatic heterocycles. The average Bonchev–Trinajstić information content (AvgIpc) is 3.06. The summed E-state index contributed by atoms with van der Waals surface area (Å²) < 4.78 is 22.5. The van der Waals surface area contributed by atoms with Gasteiger partial charge in [0.15, 0.2) is 17.7 Å². The van der Waals surface area contributed by atoms with E-state index in [0.29, 0.717) is 36.0 Å². The molecule has 46 heavy (non-hydrogen) atoms. The SMILES string of the molecule is CCOc1cc([C@H]2NC(=O)NC(C)=C2C(=O)OC)ccc1OC[C@@H](O)N/N=C\c1ccc(OCc2cccc3ccccc23)cc1. The molecule has 1 aliphatic heterocycles. The molecule has 0 unspecified atom stereocenters. The van der Waals surface area contributed by atoms with Crippen LogP contribution in [0.4, 0.5) is 4.79 Å². The number of hydrazone groups is 1. The van der Waals surface area contributed by atoms with Crippen molar-refractivity contribution < 1.29 is 33.6 Å². The van der Waals surface area contributed by atoms with Crippen LogP contribution in [0.25, 0.3) is 10.8 Å². The number of allylic oxidation sites excluding steroid dienone is 1. The summed E-state index contributed by atoms with van der Waals surface area (Å²) in [4.78, 5) is 24.6. The quantitative estimate of drug-likeness (QED) is 0.0710. The molecule has 0 radical (unpaired) electrons. The third-order valence-electron chi connectivity index (χ3n) is 7.26. The van der Waals surface area contributed by atoms with Crippen LogP contribution in [0.15, 0.2) is 101 Å². The van der Waals surface area contributed by atoms with E-state index in [0.717, 1.165) is 16.9 Å². The zero-order chi connectivity index (χ0) is 32.5. The first-order chi connectivity index (χ1) is 22.4. The summed E-state index contributed by atoms with van der Waals surface area (Å²) in [7, 11) is 1.28. The minimum Gasteiger partial charge on any atom is -0.490 e. The van der Waals surface area contributed by atoms with Crippen LogP contribution < -0.4 is 30.3 Å². The summed E-state index contributed by atoms with van der Waals surface area (Å²) in [6.45, 7) is 4.12. The maximum Gasteiger partial charge on any atom is 0.337 e. The van der Waals surface area contributed by atoms with Crippen LogP contribution in [-0.2, 0) is 16.1 Å². The molecule has 11 heteroatoms. The fourth-order valence-corrected chi connectivity index (χ4v) is 5.05. The molecule has 1 aliphatic rings. The van der Waals surface area contributed by atoms with Gasteiger partial charge in [-0.2, -0.15) is 5.10 Å². The molecule has 0 saturated carbocycles. The summed E-state index contributed by atoms with van der Waals surface area (Å²) in [6, 6.07) is 25.7. The number of aliphatic hydroxyl groups is 1. The predicted octanol–water partition coefficient (Wildman–Crippen LogP) is 4.94. The van der Waals surface area contributed by atoms with Crippen LogP contribution in [0.3, 0.4) is 0 Å². The van der Waals surface area contributed by atoms with Gasteiger partial charge in [-0.25, -0.2) is 9.59 Å². The standard InChI is InChI=1S/C35H36N4O7/c1-4-44-30-18-25(33-32(34(41)43-3)22(2)37-35(42)38-33)14-17-29(30)46-21-31(40)39-36-19-23-12-15-27(16-13-23)45-20-26-10-7-9-24-8-5-6-11-28(24)26/h5-19,31,33,39-40H,4,20-21H2,1-3H3,(H2,37,38,42)/b36-19-/t31-,33-/m1/s1. The maximum atomic E-state index is 12.4. The van der Waals surface area contributed by atoms with Gasteiger partial charge < -0.3 is 34.7 Å². The van der Waals surface area contributed by atoms with Gasteiger partial charge in [-0.1, -0.05) is 48.5 Å². The van der Waals surface area contributed by atoms with Gasteiger partial charge in [-0.05, 0) is 77.7 Å². The Balaban J connectivity index is 1.15. The molecule has 4 aromatic rings. The minimum absolute atomic E-state index is 0.131. The number of amides is 2. The Morgan fingerprint density at radius 3 is 2.57 bits per heavy atom. The fraction of sp³-hybridized carbons (Fsp3) is 0.229. The Kier molecular flexibility index (Phi) is 10.4. The van der Waals surface area contributed by atoms with Gasteiger partial charge in [0.05, 0.1) is 31.5 Å². The zero-order valence-electron chi connectivity index (χ0n) is 25.8. The van der Waals surface area contributed by atoms with E-state index in [1.165, 1.54) is 17.9 Å². The van der Waals surface area contributed by atoms with Crippen LogP contribution in [0.2, 0.25) is 0 Å². The van der Waals surface area contributed by atoms with Crippen LogP contribution in [0.5, 0.6) is 17.2 Å². The van der Waals surface area contributed by atoms with Crippen molar-refractivity contribution in [1.82, 2.24) is 16.1 Å². The number of hydrogen-bond donors (Lipinski definition) is 4. The molecule has 11 nitrogen and oxygen atoms in total. The lowest BCUT2D eigenvalue weighted by atomic mass is 9.95. The van der Waals surface area contributed by atoms with Crippen molar-refractivity contribution in [3.05, 3.63) is 113 Å². The van der Waals surface area contributed by atoms with E-state index in [9.17, 15) is 14.7 Å². The number of benzene rings is 4. The van der Waals surface area contributed by atoms with E-state index in [1.54, 1.807) is 31.3 Å². The van der Waals surface area contributed by atoms with Crippen LogP contribution in [0, 0.1) is 0 Å². The van der Waals surface area contributed by atoms with E-state index in [-0.39, 0.29) is 12.2 Å². The summed E-state index contributed by atoms with van der Waals surface area (Å²) in [5, 5.41) is 22.2. The fourth-order valence-electron chi connectivity index (χ4n) is 5.05. The normalized spacial score (nSPS) is 15.2. The Hall–Kier alpha value is -5.55. The van der Waals surface area contributed by atoms with E-state index < -0.39 is 24.3 Å². The van der Waals surface area contributed by atoms with Gasteiger partial charge in [0.1, 0.15) is 19.0 Å². The molecule has 0 fully saturated rings. The Morgan fingerprint density at radius 2 is 1.78 bits per heavy atom. The second-order valence-corrected chi connectivity index (χ2v) is 10.4. The van der Waals surface area contributed by atoms with Crippen molar-refractivity contribution in [1.29, 1.82) is 0 Å². The first kappa shape index (κ1) is 31.9. The molecule has 4 N–H and O–H groups in total. The molecule has 2 amide bonds. The van der Waals surface area contributed by atoms with Crippen LogP contribution in [-0.4, -0.2) is 49.9 Å². The third-order valence-corrected chi connectivity index (χ3v) is 7.26. The van der Waals surface area contributed by atoms with Gasteiger partial charge >= 0.3 is 12.0 Å². The third kappa shape index (κ3) is 7.74.